The molecule has 1 aliphatic heterocycles. The minimum Gasteiger partial charge on any atom is -0.375 e. The first kappa shape index (κ1) is 12.4. The van der Waals surface area contributed by atoms with E-state index >= 15 is 0 Å². The van der Waals surface area contributed by atoms with E-state index in [0.29, 0.717) is 6.04 Å². The Morgan fingerprint density at radius 1 is 1.25 bits per heavy atom. The molecule has 0 aromatic carbocycles. The average Bonchev–Trinajstić information content (AvgIpc) is 3.13. The van der Waals surface area contributed by atoms with Gasteiger partial charge in [0.15, 0.2) is 0 Å². The fourth-order valence-corrected chi connectivity index (χ4v) is 3.02. The van der Waals surface area contributed by atoms with Crippen molar-refractivity contribution < 1.29 is 4.74 Å². The van der Waals surface area contributed by atoms with Crippen LogP contribution < -0.4 is 5.32 Å². The van der Waals surface area contributed by atoms with Crippen LogP contribution in [0.2, 0.25) is 0 Å². The van der Waals surface area contributed by atoms with Crippen LogP contribution in [0.4, 0.5) is 0 Å². The monoisotopic (exact) mass is 225 g/mol. The standard InChI is InChI=1S/C14H27NO/c1-4-14(5-2)10-13(8-9-16-14)15-11(3)12-6-7-12/h11-13,15H,4-10H2,1-3H3. The number of hydrogen-bond donors (Lipinski definition) is 1. The van der Waals surface area contributed by atoms with E-state index in [4.69, 9.17) is 4.74 Å². The van der Waals surface area contributed by atoms with Gasteiger partial charge in [0.2, 0.25) is 0 Å². The van der Waals surface area contributed by atoms with E-state index < -0.39 is 0 Å². The van der Waals surface area contributed by atoms with Gasteiger partial charge in [-0.05, 0) is 51.4 Å². The third-order valence-electron chi connectivity index (χ3n) is 4.61. The highest BCUT2D eigenvalue weighted by Crippen LogP contribution is 2.35. The van der Waals surface area contributed by atoms with Crippen LogP contribution in [-0.4, -0.2) is 24.3 Å². The molecule has 0 amide bonds. The fraction of sp³-hybridized carbons (Fsp3) is 1.00. The van der Waals surface area contributed by atoms with E-state index in [-0.39, 0.29) is 5.60 Å². The van der Waals surface area contributed by atoms with Crippen LogP contribution in [-0.2, 0) is 4.74 Å². The molecular formula is C14H27NO. The molecule has 0 aromatic heterocycles. The second-order valence-corrected chi connectivity index (χ2v) is 5.72. The predicted molar refractivity (Wildman–Crippen MR) is 67.6 cm³/mol. The van der Waals surface area contributed by atoms with Crippen molar-refractivity contribution in [2.75, 3.05) is 6.61 Å². The van der Waals surface area contributed by atoms with Gasteiger partial charge < -0.3 is 10.1 Å². The molecule has 2 heteroatoms. The molecule has 2 atom stereocenters. The van der Waals surface area contributed by atoms with Crippen molar-refractivity contribution >= 4 is 0 Å². The summed E-state index contributed by atoms with van der Waals surface area (Å²) in [5, 5.41) is 3.82. The summed E-state index contributed by atoms with van der Waals surface area (Å²) in [5.41, 5.74) is 0.166. The lowest BCUT2D eigenvalue weighted by atomic mass is 9.85. The van der Waals surface area contributed by atoms with Gasteiger partial charge >= 0.3 is 0 Å². The van der Waals surface area contributed by atoms with Crippen LogP contribution >= 0.6 is 0 Å². The summed E-state index contributed by atoms with van der Waals surface area (Å²) in [7, 11) is 0. The summed E-state index contributed by atoms with van der Waals surface area (Å²) >= 11 is 0. The van der Waals surface area contributed by atoms with Crippen LogP contribution in [0.5, 0.6) is 0 Å². The van der Waals surface area contributed by atoms with Gasteiger partial charge in [-0.1, -0.05) is 13.8 Å². The Hall–Kier alpha value is -0.0800. The first-order chi connectivity index (χ1) is 7.69. The highest BCUT2D eigenvalue weighted by atomic mass is 16.5. The van der Waals surface area contributed by atoms with Crippen LogP contribution in [0.1, 0.15) is 59.3 Å². The molecule has 0 aromatic rings. The number of ether oxygens (including phenoxy) is 1. The predicted octanol–water partition coefficient (Wildman–Crippen LogP) is 3.11. The highest BCUT2D eigenvalue weighted by molar-refractivity contribution is 4.91. The van der Waals surface area contributed by atoms with Crippen LogP contribution in [0.3, 0.4) is 0 Å². The second-order valence-electron chi connectivity index (χ2n) is 5.72. The molecule has 0 bridgehead atoms. The maximum Gasteiger partial charge on any atom is 0.0692 e. The van der Waals surface area contributed by atoms with E-state index in [1.807, 2.05) is 0 Å². The van der Waals surface area contributed by atoms with Gasteiger partial charge in [-0.2, -0.15) is 0 Å². The summed E-state index contributed by atoms with van der Waals surface area (Å²) in [4.78, 5) is 0. The van der Waals surface area contributed by atoms with Crippen molar-refractivity contribution in [3.8, 4) is 0 Å². The molecule has 1 heterocycles. The Morgan fingerprint density at radius 3 is 2.50 bits per heavy atom. The maximum absolute atomic E-state index is 6.01. The lowest BCUT2D eigenvalue weighted by Crippen LogP contribution is -2.49. The third kappa shape index (κ3) is 2.78. The quantitative estimate of drug-likeness (QED) is 0.776. The first-order valence-corrected chi connectivity index (χ1v) is 7.09. The van der Waals surface area contributed by atoms with E-state index in [9.17, 15) is 0 Å². The zero-order valence-electron chi connectivity index (χ0n) is 11.1. The molecule has 1 N–H and O–H groups in total. The smallest absolute Gasteiger partial charge is 0.0692 e. The average molecular weight is 225 g/mol. The molecule has 94 valence electrons. The largest absolute Gasteiger partial charge is 0.375 e. The van der Waals surface area contributed by atoms with Gasteiger partial charge in [-0.15, -0.1) is 0 Å². The molecule has 2 fully saturated rings. The maximum atomic E-state index is 6.01. The van der Waals surface area contributed by atoms with Crippen molar-refractivity contribution in [3.05, 3.63) is 0 Å². The Balaban J connectivity index is 1.85. The van der Waals surface area contributed by atoms with Gasteiger partial charge in [0.25, 0.3) is 0 Å². The minimum absolute atomic E-state index is 0.166. The number of rotatable bonds is 5. The minimum atomic E-state index is 0.166. The van der Waals surface area contributed by atoms with Crippen molar-refractivity contribution in [2.45, 2.75) is 77.0 Å². The van der Waals surface area contributed by atoms with Gasteiger partial charge in [0.05, 0.1) is 5.60 Å². The molecule has 2 aliphatic rings. The first-order valence-electron chi connectivity index (χ1n) is 7.09. The number of hydrogen-bond acceptors (Lipinski definition) is 2. The van der Waals surface area contributed by atoms with Crippen molar-refractivity contribution in [3.63, 3.8) is 0 Å². The molecule has 16 heavy (non-hydrogen) atoms. The topological polar surface area (TPSA) is 21.3 Å². The zero-order chi connectivity index (χ0) is 11.6. The number of nitrogens with one attached hydrogen (secondary N) is 1. The summed E-state index contributed by atoms with van der Waals surface area (Å²) in [5.74, 6) is 0.959. The fourth-order valence-electron chi connectivity index (χ4n) is 3.02. The Labute approximate surface area is 100 Å². The summed E-state index contributed by atoms with van der Waals surface area (Å²) in [6.45, 7) is 7.82. The lowest BCUT2D eigenvalue weighted by molar-refractivity contribution is -0.0941. The zero-order valence-corrected chi connectivity index (χ0v) is 11.1. The van der Waals surface area contributed by atoms with E-state index in [0.717, 1.165) is 31.4 Å². The Kier molecular flexibility index (Phi) is 3.91. The molecule has 2 rings (SSSR count). The van der Waals surface area contributed by atoms with Crippen LogP contribution in [0.25, 0.3) is 0 Å². The van der Waals surface area contributed by atoms with E-state index in [1.165, 1.54) is 25.7 Å². The molecule has 2 nitrogen and oxygen atoms in total. The van der Waals surface area contributed by atoms with Gasteiger partial charge in [0.1, 0.15) is 0 Å². The molecule has 0 spiro atoms. The summed E-state index contributed by atoms with van der Waals surface area (Å²) < 4.78 is 6.01. The molecule has 2 unspecified atom stereocenters. The van der Waals surface area contributed by atoms with Crippen LogP contribution in [0, 0.1) is 5.92 Å². The van der Waals surface area contributed by atoms with Gasteiger partial charge in [0, 0.05) is 18.7 Å². The Morgan fingerprint density at radius 2 is 1.94 bits per heavy atom. The van der Waals surface area contributed by atoms with Crippen LogP contribution in [0.15, 0.2) is 0 Å². The SMILES string of the molecule is CCC1(CC)CC(NC(C)C2CC2)CCO1. The van der Waals surface area contributed by atoms with Crippen molar-refractivity contribution in [2.24, 2.45) is 5.92 Å². The third-order valence-corrected chi connectivity index (χ3v) is 4.61. The molecular weight excluding hydrogens is 198 g/mol. The van der Waals surface area contributed by atoms with Crippen molar-refractivity contribution in [1.82, 2.24) is 5.32 Å². The molecule has 1 aliphatic carbocycles. The highest BCUT2D eigenvalue weighted by Gasteiger charge is 2.36. The van der Waals surface area contributed by atoms with Crippen molar-refractivity contribution in [1.29, 1.82) is 0 Å². The lowest BCUT2D eigenvalue weighted by Gasteiger charge is -2.41. The summed E-state index contributed by atoms with van der Waals surface area (Å²) in [6.07, 6.45) is 7.57. The normalized spacial score (nSPS) is 31.3. The van der Waals surface area contributed by atoms with E-state index in [2.05, 4.69) is 26.1 Å². The molecule has 1 saturated heterocycles. The molecule has 0 radical (unpaired) electrons. The molecule has 1 saturated carbocycles. The summed E-state index contributed by atoms with van der Waals surface area (Å²) in [6, 6.07) is 1.40. The second kappa shape index (κ2) is 5.05. The van der Waals surface area contributed by atoms with Gasteiger partial charge in [-0.25, -0.2) is 0 Å². The van der Waals surface area contributed by atoms with Gasteiger partial charge in [-0.3, -0.25) is 0 Å². The van der Waals surface area contributed by atoms with E-state index in [1.54, 1.807) is 0 Å². The Bertz CT molecular complexity index is 221.